The minimum Gasteiger partial charge on any atom is -0.398 e. The second-order valence-electron chi connectivity index (χ2n) is 2.78. The molecule has 3 heteroatoms. The molecule has 0 heterocycles. The first-order chi connectivity index (χ1) is 5.65. The molecule has 0 bridgehead atoms. The van der Waals surface area contributed by atoms with E-state index < -0.39 is 0 Å². The van der Waals surface area contributed by atoms with E-state index in [2.05, 4.69) is 5.32 Å². The Labute approximate surface area is 77.7 Å². The Hall–Kier alpha value is -0.730. The van der Waals surface area contributed by atoms with Gasteiger partial charge in [-0.25, -0.2) is 0 Å². The first-order valence-electron chi connectivity index (χ1n) is 3.87. The molecule has 12 heavy (non-hydrogen) atoms. The van der Waals surface area contributed by atoms with E-state index in [1.165, 1.54) is 0 Å². The van der Waals surface area contributed by atoms with Crippen molar-refractivity contribution in [3.63, 3.8) is 0 Å². The molecule has 1 aromatic rings. The van der Waals surface area contributed by atoms with Crippen LogP contribution in [0.5, 0.6) is 0 Å². The average Bonchev–Trinajstić information content (AvgIpc) is 2.08. The van der Waals surface area contributed by atoms with Crippen LogP contribution < -0.4 is 11.1 Å². The molecule has 0 aliphatic heterocycles. The summed E-state index contributed by atoms with van der Waals surface area (Å²) in [4.78, 5) is 0. The van der Waals surface area contributed by atoms with Gasteiger partial charge in [-0.05, 0) is 37.7 Å². The standard InChI is InChI=1S/C9H13ClN2/c1-6(12-2)8-5-7(10)3-4-9(8)11/h3-6,12H,11H2,1-2H3. The number of hydrogen-bond acceptors (Lipinski definition) is 2. The Morgan fingerprint density at radius 1 is 1.50 bits per heavy atom. The predicted molar refractivity (Wildman–Crippen MR) is 53.3 cm³/mol. The Kier molecular flexibility index (Phi) is 2.95. The molecule has 0 saturated heterocycles. The minimum atomic E-state index is 0.240. The van der Waals surface area contributed by atoms with Gasteiger partial charge in [-0.15, -0.1) is 0 Å². The predicted octanol–water partition coefficient (Wildman–Crippen LogP) is 2.20. The van der Waals surface area contributed by atoms with Gasteiger partial charge in [0.1, 0.15) is 0 Å². The van der Waals surface area contributed by atoms with Gasteiger partial charge in [0.2, 0.25) is 0 Å². The van der Waals surface area contributed by atoms with E-state index in [1.54, 1.807) is 6.07 Å². The molecule has 0 aromatic heterocycles. The lowest BCUT2D eigenvalue weighted by Crippen LogP contribution is -2.13. The van der Waals surface area contributed by atoms with E-state index >= 15 is 0 Å². The van der Waals surface area contributed by atoms with E-state index in [-0.39, 0.29) is 6.04 Å². The van der Waals surface area contributed by atoms with Crippen molar-refractivity contribution in [3.8, 4) is 0 Å². The van der Waals surface area contributed by atoms with Crippen LogP contribution in [0, 0.1) is 0 Å². The summed E-state index contributed by atoms with van der Waals surface area (Å²) in [5, 5.41) is 3.83. The fourth-order valence-electron chi connectivity index (χ4n) is 1.08. The molecule has 2 nitrogen and oxygen atoms in total. The normalized spacial score (nSPS) is 12.9. The Morgan fingerprint density at radius 2 is 2.17 bits per heavy atom. The van der Waals surface area contributed by atoms with Gasteiger partial charge in [0.05, 0.1) is 0 Å². The highest BCUT2D eigenvalue weighted by Crippen LogP contribution is 2.23. The minimum absolute atomic E-state index is 0.240. The highest BCUT2D eigenvalue weighted by atomic mass is 35.5. The fraction of sp³-hybridized carbons (Fsp3) is 0.333. The molecule has 1 atom stereocenters. The Bertz CT molecular complexity index is 273. The smallest absolute Gasteiger partial charge is 0.0410 e. The van der Waals surface area contributed by atoms with Gasteiger partial charge in [0.15, 0.2) is 0 Å². The van der Waals surface area contributed by atoms with E-state index in [0.717, 1.165) is 16.3 Å². The largest absolute Gasteiger partial charge is 0.398 e. The SMILES string of the molecule is CNC(C)c1cc(Cl)ccc1N. The number of rotatable bonds is 2. The van der Waals surface area contributed by atoms with Crippen LogP contribution in [0.15, 0.2) is 18.2 Å². The van der Waals surface area contributed by atoms with Gasteiger partial charge in [-0.3, -0.25) is 0 Å². The summed E-state index contributed by atoms with van der Waals surface area (Å²) in [7, 11) is 1.89. The van der Waals surface area contributed by atoms with Crippen LogP contribution in [-0.4, -0.2) is 7.05 Å². The van der Waals surface area contributed by atoms with Crippen LogP contribution in [0.4, 0.5) is 5.69 Å². The first kappa shape index (κ1) is 9.36. The van der Waals surface area contributed by atoms with Gasteiger partial charge in [-0.2, -0.15) is 0 Å². The molecule has 0 spiro atoms. The van der Waals surface area contributed by atoms with Crippen LogP contribution in [0.1, 0.15) is 18.5 Å². The second kappa shape index (κ2) is 3.78. The van der Waals surface area contributed by atoms with Crippen molar-refractivity contribution in [2.45, 2.75) is 13.0 Å². The first-order valence-corrected chi connectivity index (χ1v) is 4.25. The zero-order chi connectivity index (χ0) is 9.14. The van der Waals surface area contributed by atoms with Gasteiger partial charge in [-0.1, -0.05) is 11.6 Å². The number of halogens is 1. The number of nitrogens with one attached hydrogen (secondary N) is 1. The zero-order valence-electron chi connectivity index (χ0n) is 7.26. The topological polar surface area (TPSA) is 38.0 Å². The lowest BCUT2D eigenvalue weighted by molar-refractivity contribution is 0.654. The number of anilines is 1. The summed E-state index contributed by atoms with van der Waals surface area (Å²) >= 11 is 5.83. The Balaban J connectivity index is 3.04. The highest BCUT2D eigenvalue weighted by Gasteiger charge is 2.06. The molecular formula is C9H13ClN2. The van der Waals surface area contributed by atoms with Crippen molar-refractivity contribution in [1.29, 1.82) is 0 Å². The summed E-state index contributed by atoms with van der Waals surface area (Å²) in [5.41, 5.74) is 7.59. The lowest BCUT2D eigenvalue weighted by Gasteiger charge is -2.13. The molecular weight excluding hydrogens is 172 g/mol. The average molecular weight is 185 g/mol. The molecule has 66 valence electrons. The molecule has 3 N–H and O–H groups in total. The van der Waals surface area contributed by atoms with Crippen molar-refractivity contribution < 1.29 is 0 Å². The second-order valence-corrected chi connectivity index (χ2v) is 3.22. The van der Waals surface area contributed by atoms with Crippen molar-refractivity contribution in [1.82, 2.24) is 5.32 Å². The Morgan fingerprint density at radius 3 is 2.75 bits per heavy atom. The van der Waals surface area contributed by atoms with Crippen LogP contribution in [0.25, 0.3) is 0 Å². The highest BCUT2D eigenvalue weighted by molar-refractivity contribution is 6.30. The van der Waals surface area contributed by atoms with E-state index in [0.29, 0.717) is 0 Å². The quantitative estimate of drug-likeness (QED) is 0.692. The summed E-state index contributed by atoms with van der Waals surface area (Å²) in [5.74, 6) is 0. The molecule has 0 aliphatic carbocycles. The maximum atomic E-state index is 5.83. The molecule has 1 rings (SSSR count). The molecule has 0 saturated carbocycles. The van der Waals surface area contributed by atoms with Gasteiger partial charge < -0.3 is 11.1 Å². The summed E-state index contributed by atoms with van der Waals surface area (Å²) < 4.78 is 0. The lowest BCUT2D eigenvalue weighted by atomic mass is 10.1. The third-order valence-electron chi connectivity index (χ3n) is 1.95. The third-order valence-corrected chi connectivity index (χ3v) is 2.18. The molecule has 0 radical (unpaired) electrons. The number of nitrogens with two attached hydrogens (primary N) is 1. The number of benzene rings is 1. The van der Waals surface area contributed by atoms with Gasteiger partial charge in [0.25, 0.3) is 0 Å². The van der Waals surface area contributed by atoms with Crippen LogP contribution in [0.2, 0.25) is 5.02 Å². The van der Waals surface area contributed by atoms with Crippen LogP contribution >= 0.6 is 11.6 Å². The number of nitrogen functional groups attached to an aromatic ring is 1. The molecule has 0 aliphatic rings. The van der Waals surface area contributed by atoms with Gasteiger partial charge in [0, 0.05) is 16.8 Å². The summed E-state index contributed by atoms with van der Waals surface area (Å²) in [6, 6.07) is 5.75. The van der Waals surface area contributed by atoms with E-state index in [1.807, 2.05) is 26.1 Å². The van der Waals surface area contributed by atoms with E-state index in [4.69, 9.17) is 17.3 Å². The summed E-state index contributed by atoms with van der Waals surface area (Å²) in [6.07, 6.45) is 0. The maximum absolute atomic E-state index is 5.83. The monoisotopic (exact) mass is 184 g/mol. The molecule has 1 unspecified atom stereocenters. The third kappa shape index (κ3) is 1.90. The molecule has 0 fully saturated rings. The fourth-order valence-corrected chi connectivity index (χ4v) is 1.26. The zero-order valence-corrected chi connectivity index (χ0v) is 8.02. The molecule has 1 aromatic carbocycles. The van der Waals surface area contributed by atoms with Gasteiger partial charge >= 0.3 is 0 Å². The maximum Gasteiger partial charge on any atom is 0.0410 e. The van der Waals surface area contributed by atoms with Crippen molar-refractivity contribution >= 4 is 17.3 Å². The van der Waals surface area contributed by atoms with Crippen molar-refractivity contribution in [2.24, 2.45) is 0 Å². The van der Waals surface area contributed by atoms with E-state index in [9.17, 15) is 0 Å². The van der Waals surface area contributed by atoms with Crippen LogP contribution in [-0.2, 0) is 0 Å². The van der Waals surface area contributed by atoms with Crippen LogP contribution in [0.3, 0.4) is 0 Å². The summed E-state index contributed by atoms with van der Waals surface area (Å²) in [6.45, 7) is 2.04. The van der Waals surface area contributed by atoms with Crippen molar-refractivity contribution in [3.05, 3.63) is 28.8 Å². The number of hydrogen-bond donors (Lipinski definition) is 2. The molecule has 0 amide bonds. The van der Waals surface area contributed by atoms with Crippen molar-refractivity contribution in [2.75, 3.05) is 12.8 Å².